The maximum Gasteiger partial charge on any atom is 0.0346 e. The van der Waals surface area contributed by atoms with Crippen molar-refractivity contribution in [1.82, 2.24) is 4.98 Å². The summed E-state index contributed by atoms with van der Waals surface area (Å²) in [6, 6.07) is 12.4. The Hall–Kier alpha value is -1.63. The average Bonchev–Trinajstić information content (AvgIpc) is 2.19. The van der Waals surface area contributed by atoms with Gasteiger partial charge in [-0.25, -0.2) is 0 Å². The number of rotatable bonds is 1. The van der Waals surface area contributed by atoms with Gasteiger partial charge in [0.1, 0.15) is 0 Å². The molecule has 1 aromatic carbocycles. The van der Waals surface area contributed by atoms with Crippen LogP contribution in [0.3, 0.4) is 0 Å². The van der Waals surface area contributed by atoms with Gasteiger partial charge in [0.2, 0.25) is 0 Å². The van der Waals surface area contributed by atoms with Gasteiger partial charge in [0.05, 0.1) is 0 Å². The third kappa shape index (κ3) is 1.75. The van der Waals surface area contributed by atoms with Crippen molar-refractivity contribution in [3.8, 4) is 11.1 Å². The van der Waals surface area contributed by atoms with E-state index in [9.17, 15) is 0 Å². The van der Waals surface area contributed by atoms with Crippen molar-refractivity contribution in [3.05, 3.63) is 54.4 Å². The third-order valence-electron chi connectivity index (χ3n) is 1.98. The van der Waals surface area contributed by atoms with Gasteiger partial charge in [-0.3, -0.25) is 4.98 Å². The maximum atomic E-state index is 4.16. The lowest BCUT2D eigenvalue weighted by Gasteiger charge is -2.00. The highest BCUT2D eigenvalue weighted by Gasteiger charge is 1.95. The summed E-state index contributed by atoms with van der Waals surface area (Å²) < 4.78 is 0. The quantitative estimate of drug-likeness (QED) is 0.639. The Bertz CT molecular complexity index is 393. The molecule has 0 bridgehead atoms. The molecule has 0 saturated carbocycles. The zero-order valence-corrected chi connectivity index (χ0v) is 7.57. The summed E-state index contributed by atoms with van der Waals surface area (Å²) in [5.41, 5.74) is 3.60. The van der Waals surface area contributed by atoms with Crippen LogP contribution in [-0.4, -0.2) is 4.98 Å². The molecular weight excluding hydrogens is 158 g/mol. The second-order valence-electron chi connectivity index (χ2n) is 3.12. The second-order valence-corrected chi connectivity index (χ2v) is 3.12. The summed E-state index contributed by atoms with van der Waals surface area (Å²) in [6.45, 7) is 2.06. The first-order valence-electron chi connectivity index (χ1n) is 4.33. The van der Waals surface area contributed by atoms with Gasteiger partial charge in [0, 0.05) is 18.0 Å². The summed E-state index contributed by atoms with van der Waals surface area (Å²) in [5.74, 6) is 0. The predicted molar refractivity (Wildman–Crippen MR) is 54.4 cm³/mol. The maximum absolute atomic E-state index is 4.16. The van der Waals surface area contributed by atoms with Crippen molar-refractivity contribution in [2.24, 2.45) is 0 Å². The summed E-state index contributed by atoms with van der Waals surface area (Å²) >= 11 is 0. The summed E-state index contributed by atoms with van der Waals surface area (Å²) in [5, 5.41) is 0. The Morgan fingerprint density at radius 1 is 0.923 bits per heavy atom. The smallest absolute Gasteiger partial charge is 0.0346 e. The van der Waals surface area contributed by atoms with Crippen molar-refractivity contribution in [3.63, 3.8) is 0 Å². The molecule has 0 spiro atoms. The van der Waals surface area contributed by atoms with E-state index in [1.807, 2.05) is 30.6 Å². The molecule has 64 valence electrons. The Morgan fingerprint density at radius 3 is 2.38 bits per heavy atom. The molecule has 0 atom stereocenters. The van der Waals surface area contributed by atoms with Crippen molar-refractivity contribution in [2.75, 3.05) is 0 Å². The summed E-state index contributed by atoms with van der Waals surface area (Å²) in [6.07, 6.45) is 3.76. The SMILES string of the molecule is Cc1cncc(-c2ccccc2)c1. The monoisotopic (exact) mass is 169 g/mol. The molecule has 1 heteroatoms. The standard InChI is InChI=1S/C12H11N/c1-10-7-12(9-13-8-10)11-5-3-2-4-6-11/h2-9H,1H3. The van der Waals surface area contributed by atoms with Gasteiger partial charge in [-0.05, 0) is 24.1 Å². The summed E-state index contributed by atoms with van der Waals surface area (Å²) in [7, 11) is 0. The minimum absolute atomic E-state index is 1.18. The van der Waals surface area contributed by atoms with Gasteiger partial charge in [-0.1, -0.05) is 30.3 Å². The van der Waals surface area contributed by atoms with Crippen LogP contribution in [-0.2, 0) is 0 Å². The molecule has 1 nitrogen and oxygen atoms in total. The molecule has 0 radical (unpaired) electrons. The molecule has 0 fully saturated rings. The fourth-order valence-corrected chi connectivity index (χ4v) is 1.34. The molecule has 0 aliphatic heterocycles. The van der Waals surface area contributed by atoms with Gasteiger partial charge in [-0.15, -0.1) is 0 Å². The number of hydrogen-bond donors (Lipinski definition) is 0. The topological polar surface area (TPSA) is 12.9 Å². The third-order valence-corrected chi connectivity index (χ3v) is 1.98. The zero-order valence-electron chi connectivity index (χ0n) is 7.57. The minimum atomic E-state index is 1.18. The van der Waals surface area contributed by atoms with Crippen LogP contribution < -0.4 is 0 Å². The van der Waals surface area contributed by atoms with Crippen molar-refractivity contribution in [1.29, 1.82) is 0 Å². The highest BCUT2D eigenvalue weighted by atomic mass is 14.6. The van der Waals surface area contributed by atoms with E-state index in [0.717, 1.165) is 0 Å². The molecule has 0 aliphatic rings. The first-order chi connectivity index (χ1) is 6.36. The molecule has 0 saturated heterocycles. The molecule has 1 aromatic heterocycles. The van der Waals surface area contributed by atoms with Gasteiger partial charge in [-0.2, -0.15) is 0 Å². The molecular formula is C12H11N. The van der Waals surface area contributed by atoms with Gasteiger partial charge >= 0.3 is 0 Å². The lowest BCUT2D eigenvalue weighted by atomic mass is 10.1. The van der Waals surface area contributed by atoms with E-state index < -0.39 is 0 Å². The van der Waals surface area contributed by atoms with Crippen LogP contribution in [0.1, 0.15) is 5.56 Å². The van der Waals surface area contributed by atoms with Gasteiger partial charge < -0.3 is 0 Å². The number of aromatic nitrogens is 1. The number of aryl methyl sites for hydroxylation is 1. The van der Waals surface area contributed by atoms with E-state index in [1.165, 1.54) is 16.7 Å². The van der Waals surface area contributed by atoms with Gasteiger partial charge in [0.15, 0.2) is 0 Å². The Morgan fingerprint density at radius 2 is 1.69 bits per heavy atom. The normalized spacial score (nSPS) is 9.92. The van der Waals surface area contributed by atoms with Crippen molar-refractivity contribution in [2.45, 2.75) is 6.92 Å². The van der Waals surface area contributed by atoms with Crippen LogP contribution in [0, 0.1) is 6.92 Å². The van der Waals surface area contributed by atoms with Crippen LogP contribution in [0.4, 0.5) is 0 Å². The molecule has 0 N–H and O–H groups in total. The fraction of sp³-hybridized carbons (Fsp3) is 0.0833. The van der Waals surface area contributed by atoms with E-state index >= 15 is 0 Å². The molecule has 2 aromatic rings. The lowest BCUT2D eigenvalue weighted by Crippen LogP contribution is -1.81. The van der Waals surface area contributed by atoms with Crippen LogP contribution in [0.15, 0.2) is 48.8 Å². The summed E-state index contributed by atoms with van der Waals surface area (Å²) in [4.78, 5) is 4.16. The number of hydrogen-bond acceptors (Lipinski definition) is 1. The highest BCUT2D eigenvalue weighted by Crippen LogP contribution is 2.17. The largest absolute Gasteiger partial charge is 0.264 e. The van der Waals surface area contributed by atoms with E-state index in [2.05, 4.69) is 30.1 Å². The molecule has 1 heterocycles. The number of nitrogens with zero attached hydrogens (tertiary/aromatic N) is 1. The van der Waals surface area contributed by atoms with E-state index in [-0.39, 0.29) is 0 Å². The highest BCUT2D eigenvalue weighted by molar-refractivity contribution is 5.62. The Balaban J connectivity index is 2.48. The average molecular weight is 169 g/mol. The molecule has 0 unspecified atom stereocenters. The van der Waals surface area contributed by atoms with Crippen molar-refractivity contribution < 1.29 is 0 Å². The predicted octanol–water partition coefficient (Wildman–Crippen LogP) is 3.06. The molecule has 2 rings (SSSR count). The fourth-order valence-electron chi connectivity index (χ4n) is 1.34. The number of benzene rings is 1. The van der Waals surface area contributed by atoms with E-state index in [4.69, 9.17) is 0 Å². The Labute approximate surface area is 78.1 Å². The van der Waals surface area contributed by atoms with Crippen LogP contribution in [0.5, 0.6) is 0 Å². The van der Waals surface area contributed by atoms with Crippen LogP contribution >= 0.6 is 0 Å². The van der Waals surface area contributed by atoms with Crippen molar-refractivity contribution >= 4 is 0 Å². The lowest BCUT2D eigenvalue weighted by molar-refractivity contribution is 1.27. The van der Waals surface area contributed by atoms with Gasteiger partial charge in [0.25, 0.3) is 0 Å². The van der Waals surface area contributed by atoms with E-state index in [1.54, 1.807) is 0 Å². The molecule has 13 heavy (non-hydrogen) atoms. The first kappa shape index (κ1) is 7.99. The second kappa shape index (κ2) is 3.40. The van der Waals surface area contributed by atoms with Crippen LogP contribution in [0.25, 0.3) is 11.1 Å². The van der Waals surface area contributed by atoms with Crippen LogP contribution in [0.2, 0.25) is 0 Å². The Kier molecular flexibility index (Phi) is 2.09. The first-order valence-corrected chi connectivity index (χ1v) is 4.33. The molecule has 0 aliphatic carbocycles. The minimum Gasteiger partial charge on any atom is -0.264 e. The van der Waals surface area contributed by atoms with E-state index in [0.29, 0.717) is 0 Å². The number of pyridine rings is 1. The molecule has 0 amide bonds. The zero-order chi connectivity index (χ0) is 9.10.